The molecule has 1 saturated carbocycles. The maximum absolute atomic E-state index is 11.9. The first kappa shape index (κ1) is 21.6. The number of halogens is 1. The van der Waals surface area contributed by atoms with E-state index in [4.69, 9.17) is 17.0 Å². The van der Waals surface area contributed by atoms with Gasteiger partial charge in [0.1, 0.15) is 5.75 Å². The van der Waals surface area contributed by atoms with Gasteiger partial charge in [0, 0.05) is 6.42 Å². The topological polar surface area (TPSA) is 79.5 Å². The molecule has 8 heteroatoms. The van der Waals surface area contributed by atoms with Crippen LogP contribution in [0.15, 0.2) is 22.7 Å². The molecule has 2 rings (SSSR count). The zero-order valence-corrected chi connectivity index (χ0v) is 17.9. The van der Waals surface area contributed by atoms with Crippen LogP contribution in [0, 0.1) is 12.8 Å². The maximum atomic E-state index is 11.9. The Balaban J connectivity index is 1.61. The largest absolute Gasteiger partial charge is 0.483 e. The number of carbonyl (C=O) groups is 2. The van der Waals surface area contributed by atoms with Crippen LogP contribution in [0.5, 0.6) is 5.75 Å². The van der Waals surface area contributed by atoms with E-state index in [0.29, 0.717) is 18.1 Å². The highest BCUT2D eigenvalue weighted by Crippen LogP contribution is 2.27. The van der Waals surface area contributed by atoms with Crippen LogP contribution in [0.3, 0.4) is 0 Å². The molecule has 148 valence electrons. The van der Waals surface area contributed by atoms with E-state index in [1.54, 1.807) is 6.07 Å². The molecule has 6 nitrogen and oxygen atoms in total. The van der Waals surface area contributed by atoms with E-state index in [2.05, 4.69) is 32.1 Å². The lowest BCUT2D eigenvalue weighted by atomic mass is 9.86. The molecule has 0 atom stereocenters. The molecule has 1 fully saturated rings. The smallest absolute Gasteiger partial charge is 0.276 e. The third kappa shape index (κ3) is 8.26. The molecular formula is C19H26BrN3O3S. The summed E-state index contributed by atoms with van der Waals surface area (Å²) in [5, 5.41) is 2.66. The second-order valence-corrected chi connectivity index (χ2v) is 8.08. The lowest BCUT2D eigenvalue weighted by Gasteiger charge is -2.21. The van der Waals surface area contributed by atoms with Crippen LogP contribution in [0.25, 0.3) is 0 Å². The molecule has 0 spiro atoms. The van der Waals surface area contributed by atoms with Gasteiger partial charge in [-0.1, -0.05) is 38.2 Å². The predicted octanol–water partition coefficient (Wildman–Crippen LogP) is 3.52. The molecule has 1 aromatic rings. The second-order valence-electron chi connectivity index (χ2n) is 6.82. The molecule has 2 amide bonds. The minimum absolute atomic E-state index is 0.0773. The molecule has 3 N–H and O–H groups in total. The molecule has 1 aliphatic rings. The monoisotopic (exact) mass is 455 g/mol. The average molecular weight is 456 g/mol. The predicted molar refractivity (Wildman–Crippen MR) is 112 cm³/mol. The van der Waals surface area contributed by atoms with Crippen molar-refractivity contribution in [2.75, 3.05) is 6.61 Å². The Kier molecular flexibility index (Phi) is 9.00. The summed E-state index contributed by atoms with van der Waals surface area (Å²) in [6.07, 6.45) is 7.59. The van der Waals surface area contributed by atoms with Crippen LogP contribution in [-0.2, 0) is 9.59 Å². The third-order valence-corrected chi connectivity index (χ3v) is 5.34. The van der Waals surface area contributed by atoms with Crippen LogP contribution in [-0.4, -0.2) is 23.5 Å². The number of ether oxygens (including phenoxy) is 1. The van der Waals surface area contributed by atoms with Gasteiger partial charge in [-0.05, 0) is 65.1 Å². The van der Waals surface area contributed by atoms with Crippen LogP contribution < -0.4 is 20.9 Å². The van der Waals surface area contributed by atoms with E-state index in [1.807, 2.05) is 19.1 Å². The van der Waals surface area contributed by atoms with Gasteiger partial charge in [0.25, 0.3) is 5.91 Å². The van der Waals surface area contributed by atoms with Gasteiger partial charge in [-0.3, -0.25) is 20.4 Å². The number of nitrogens with one attached hydrogen (secondary N) is 3. The van der Waals surface area contributed by atoms with E-state index in [9.17, 15) is 9.59 Å². The minimum atomic E-state index is -0.402. The lowest BCUT2D eigenvalue weighted by molar-refractivity contribution is -0.124. The fourth-order valence-electron chi connectivity index (χ4n) is 3.06. The van der Waals surface area contributed by atoms with Crippen molar-refractivity contribution in [1.82, 2.24) is 16.2 Å². The summed E-state index contributed by atoms with van der Waals surface area (Å²) in [6, 6.07) is 5.59. The zero-order chi connectivity index (χ0) is 19.6. The number of aryl methyl sites for hydroxylation is 1. The normalized spacial score (nSPS) is 14.3. The highest BCUT2D eigenvalue weighted by Gasteiger charge is 2.15. The SMILES string of the molecule is Cc1ccc(OCC(=O)NNC(=S)NC(=O)CCC2CCCCC2)c(Br)c1. The Bertz CT molecular complexity index is 678. The van der Waals surface area contributed by atoms with Crippen molar-refractivity contribution >= 4 is 45.1 Å². The van der Waals surface area contributed by atoms with Gasteiger partial charge in [-0.2, -0.15) is 0 Å². The summed E-state index contributed by atoms with van der Waals surface area (Å²) < 4.78 is 6.22. The van der Waals surface area contributed by atoms with E-state index >= 15 is 0 Å². The lowest BCUT2D eigenvalue weighted by Crippen LogP contribution is -2.49. The molecule has 1 aliphatic carbocycles. The van der Waals surface area contributed by atoms with Crippen LogP contribution in [0.1, 0.15) is 50.5 Å². The van der Waals surface area contributed by atoms with Crippen LogP contribution in [0.2, 0.25) is 0 Å². The van der Waals surface area contributed by atoms with Crippen molar-refractivity contribution in [2.24, 2.45) is 5.92 Å². The Morgan fingerprint density at radius 3 is 2.63 bits per heavy atom. The van der Waals surface area contributed by atoms with Gasteiger partial charge >= 0.3 is 0 Å². The first-order valence-electron chi connectivity index (χ1n) is 9.21. The highest BCUT2D eigenvalue weighted by molar-refractivity contribution is 9.10. The first-order chi connectivity index (χ1) is 12.9. The van der Waals surface area contributed by atoms with E-state index in [-0.39, 0.29) is 17.6 Å². The molecule has 0 bridgehead atoms. The quantitative estimate of drug-likeness (QED) is 0.451. The summed E-state index contributed by atoms with van der Waals surface area (Å²) in [5.41, 5.74) is 6.02. The minimum Gasteiger partial charge on any atom is -0.483 e. The van der Waals surface area contributed by atoms with Crippen molar-refractivity contribution in [3.8, 4) is 5.75 Å². The van der Waals surface area contributed by atoms with Crippen molar-refractivity contribution in [1.29, 1.82) is 0 Å². The fraction of sp³-hybridized carbons (Fsp3) is 0.526. The first-order valence-corrected chi connectivity index (χ1v) is 10.4. The summed E-state index contributed by atoms with van der Waals surface area (Å²) >= 11 is 8.42. The third-order valence-electron chi connectivity index (χ3n) is 4.52. The highest BCUT2D eigenvalue weighted by atomic mass is 79.9. The molecule has 0 radical (unpaired) electrons. The van der Waals surface area contributed by atoms with Gasteiger partial charge < -0.3 is 10.1 Å². The number of hydrazine groups is 1. The second kappa shape index (κ2) is 11.2. The number of amides is 2. The molecule has 1 aromatic carbocycles. The number of carbonyl (C=O) groups excluding carboxylic acids is 2. The molecule has 0 heterocycles. The molecule has 0 saturated heterocycles. The Morgan fingerprint density at radius 1 is 1.19 bits per heavy atom. The van der Waals surface area contributed by atoms with Crippen molar-refractivity contribution in [3.05, 3.63) is 28.2 Å². The summed E-state index contributed by atoms with van der Waals surface area (Å²) in [6.45, 7) is 1.79. The van der Waals surface area contributed by atoms with Crippen molar-refractivity contribution in [2.45, 2.75) is 51.9 Å². The summed E-state index contributed by atoms with van der Waals surface area (Å²) in [5.74, 6) is 0.687. The van der Waals surface area contributed by atoms with Crippen molar-refractivity contribution < 1.29 is 14.3 Å². The standard InChI is InChI=1S/C19H26BrN3O3S/c1-13-7-9-16(15(20)11-13)26-12-18(25)22-23-19(27)21-17(24)10-8-14-5-3-2-4-6-14/h7,9,11,14H,2-6,8,10,12H2,1H3,(H,22,25)(H2,21,23,24,27). The Labute approximate surface area is 173 Å². The number of benzene rings is 1. The maximum Gasteiger partial charge on any atom is 0.276 e. The number of hydrogen-bond donors (Lipinski definition) is 3. The van der Waals surface area contributed by atoms with E-state index in [0.717, 1.165) is 16.5 Å². The van der Waals surface area contributed by atoms with Gasteiger partial charge in [0.05, 0.1) is 4.47 Å². The zero-order valence-electron chi connectivity index (χ0n) is 15.5. The molecule has 0 unspecified atom stereocenters. The molecule has 0 aliphatic heterocycles. The number of thiocarbonyl (C=S) groups is 1. The van der Waals surface area contributed by atoms with Gasteiger partial charge in [0.2, 0.25) is 5.91 Å². The van der Waals surface area contributed by atoms with Crippen molar-refractivity contribution in [3.63, 3.8) is 0 Å². The molecule has 0 aromatic heterocycles. The number of hydrogen-bond acceptors (Lipinski definition) is 4. The van der Waals surface area contributed by atoms with Crippen LogP contribution >= 0.6 is 28.1 Å². The summed E-state index contributed by atoms with van der Waals surface area (Å²) in [7, 11) is 0. The van der Waals surface area contributed by atoms with Gasteiger partial charge in [-0.25, -0.2) is 0 Å². The average Bonchev–Trinajstić information content (AvgIpc) is 2.65. The van der Waals surface area contributed by atoms with E-state index < -0.39 is 5.91 Å². The molecule has 27 heavy (non-hydrogen) atoms. The van der Waals surface area contributed by atoms with Gasteiger partial charge in [0.15, 0.2) is 11.7 Å². The van der Waals surface area contributed by atoms with Gasteiger partial charge in [-0.15, -0.1) is 0 Å². The van der Waals surface area contributed by atoms with Crippen LogP contribution in [0.4, 0.5) is 0 Å². The Morgan fingerprint density at radius 2 is 1.93 bits per heavy atom. The van der Waals surface area contributed by atoms with E-state index in [1.165, 1.54) is 32.1 Å². The summed E-state index contributed by atoms with van der Waals surface area (Å²) in [4.78, 5) is 23.8. The fourth-order valence-corrected chi connectivity index (χ4v) is 3.83. The Hall–Kier alpha value is -1.67. The number of rotatable bonds is 6. The molecular weight excluding hydrogens is 430 g/mol.